The van der Waals surface area contributed by atoms with E-state index in [0.717, 1.165) is 0 Å². The Bertz CT molecular complexity index is 1280. The third-order valence-electron chi connectivity index (χ3n) is 3.99. The lowest BCUT2D eigenvalue weighted by Crippen LogP contribution is -2.65. The summed E-state index contributed by atoms with van der Waals surface area (Å²) in [4.78, 5) is -2.91. The number of hydrogen-bond acceptors (Lipinski definition) is 5. The highest BCUT2D eigenvalue weighted by molar-refractivity contribution is 8.14. The topological polar surface area (TPSA) is 77.5 Å². The van der Waals surface area contributed by atoms with E-state index in [1.165, 1.54) is 30.3 Å². The fraction of sp³-hybridized carbons (Fsp3) is 0.250. The SMILES string of the molecule is O=S(=O)(Cl)C(F)(F)C(F)(F)C(F)(F)C(F)(F)S(=O)(=O)c1c(F)cc(Oc2ccccc2)cc1F. The van der Waals surface area contributed by atoms with Crippen LogP contribution in [0.25, 0.3) is 0 Å². The monoisotopic (exact) mass is 568 g/mol. The van der Waals surface area contributed by atoms with E-state index in [0.29, 0.717) is 0 Å². The van der Waals surface area contributed by atoms with E-state index in [2.05, 4.69) is 10.7 Å². The summed E-state index contributed by atoms with van der Waals surface area (Å²) >= 11 is 0. The second kappa shape index (κ2) is 8.44. The Kier molecular flexibility index (Phi) is 6.94. The summed E-state index contributed by atoms with van der Waals surface area (Å²) in [5, 5.41) is -14.5. The molecule has 0 radical (unpaired) electrons. The van der Waals surface area contributed by atoms with Gasteiger partial charge >= 0.3 is 31.4 Å². The molecule has 18 heteroatoms. The summed E-state index contributed by atoms with van der Waals surface area (Å²) in [6.07, 6.45) is 0. The first-order valence-corrected chi connectivity index (χ1v) is 11.8. The van der Waals surface area contributed by atoms with Crippen LogP contribution in [0.1, 0.15) is 0 Å². The minimum absolute atomic E-state index is 0.104. The van der Waals surface area contributed by atoms with Crippen LogP contribution in [-0.2, 0) is 18.9 Å². The molecule has 0 aliphatic heterocycles. The second-order valence-electron chi connectivity index (χ2n) is 6.25. The molecule has 0 fully saturated rings. The molecule has 0 aliphatic carbocycles. The lowest BCUT2D eigenvalue weighted by molar-refractivity contribution is -0.325. The Labute approximate surface area is 188 Å². The van der Waals surface area contributed by atoms with Gasteiger partial charge in [0.1, 0.15) is 28.0 Å². The van der Waals surface area contributed by atoms with Crippen molar-refractivity contribution in [2.45, 2.75) is 27.2 Å². The molecule has 0 aromatic heterocycles. The van der Waals surface area contributed by atoms with Gasteiger partial charge in [-0.05, 0) is 12.1 Å². The number of alkyl halides is 8. The summed E-state index contributed by atoms with van der Waals surface area (Å²) in [6, 6.07) is 6.41. The normalized spacial score (nSPS) is 14.2. The van der Waals surface area contributed by atoms with Gasteiger partial charge in [0, 0.05) is 22.8 Å². The van der Waals surface area contributed by atoms with Gasteiger partial charge in [-0.1, -0.05) is 18.2 Å². The fourth-order valence-corrected chi connectivity index (χ4v) is 4.37. The maximum absolute atomic E-state index is 14.2. The average molecular weight is 569 g/mol. The van der Waals surface area contributed by atoms with Gasteiger partial charge in [0.05, 0.1) is 0 Å². The zero-order valence-electron chi connectivity index (χ0n) is 15.6. The number of benzene rings is 2. The van der Waals surface area contributed by atoms with Gasteiger partial charge in [0.2, 0.25) is 0 Å². The number of hydrogen-bond donors (Lipinski definition) is 0. The minimum Gasteiger partial charge on any atom is -0.457 e. The molecule has 0 saturated heterocycles. The van der Waals surface area contributed by atoms with Crippen molar-refractivity contribution in [2.75, 3.05) is 0 Å². The highest BCUT2D eigenvalue weighted by Crippen LogP contribution is 2.57. The van der Waals surface area contributed by atoms with E-state index in [9.17, 15) is 60.7 Å². The van der Waals surface area contributed by atoms with Crippen LogP contribution in [0.2, 0.25) is 0 Å². The third kappa shape index (κ3) is 4.17. The second-order valence-corrected chi connectivity index (χ2v) is 10.8. The van der Waals surface area contributed by atoms with Crippen molar-refractivity contribution in [1.82, 2.24) is 0 Å². The fourth-order valence-electron chi connectivity index (χ4n) is 2.29. The molecule has 0 bridgehead atoms. The molecule has 0 amide bonds. The molecule has 190 valence electrons. The zero-order chi connectivity index (χ0) is 26.5. The molecule has 2 rings (SSSR count). The van der Waals surface area contributed by atoms with Crippen LogP contribution in [0.15, 0.2) is 47.4 Å². The number of para-hydroxylation sites is 1. The van der Waals surface area contributed by atoms with E-state index in [1.807, 2.05) is 0 Å². The summed E-state index contributed by atoms with van der Waals surface area (Å²) in [5.74, 6) is -21.6. The molecule has 0 spiro atoms. The number of rotatable bonds is 8. The smallest absolute Gasteiger partial charge is 0.427 e. The molecule has 34 heavy (non-hydrogen) atoms. The molecule has 5 nitrogen and oxygen atoms in total. The molecular weight excluding hydrogens is 562 g/mol. The van der Waals surface area contributed by atoms with Gasteiger partial charge in [-0.25, -0.2) is 25.6 Å². The van der Waals surface area contributed by atoms with Crippen LogP contribution < -0.4 is 4.74 Å². The van der Waals surface area contributed by atoms with Gasteiger partial charge in [0.25, 0.3) is 9.84 Å². The van der Waals surface area contributed by atoms with Crippen LogP contribution in [0.5, 0.6) is 11.5 Å². The van der Waals surface area contributed by atoms with E-state index in [4.69, 9.17) is 4.74 Å². The van der Waals surface area contributed by atoms with Gasteiger partial charge in [-0.2, -0.15) is 35.1 Å². The summed E-state index contributed by atoms with van der Waals surface area (Å²) in [5.41, 5.74) is 0. The predicted octanol–water partition coefficient (Wildman–Crippen LogP) is 5.56. The van der Waals surface area contributed by atoms with E-state index >= 15 is 0 Å². The predicted molar refractivity (Wildman–Crippen MR) is 94.6 cm³/mol. The largest absolute Gasteiger partial charge is 0.457 e. The first kappa shape index (κ1) is 28.0. The summed E-state index contributed by atoms with van der Waals surface area (Å²) in [6.45, 7) is 0. The van der Waals surface area contributed by atoms with Gasteiger partial charge in [-0.15, -0.1) is 0 Å². The summed E-state index contributed by atoms with van der Waals surface area (Å²) < 4.78 is 188. The molecule has 0 unspecified atom stereocenters. The average Bonchev–Trinajstić information content (AvgIpc) is 2.66. The molecule has 0 N–H and O–H groups in total. The molecule has 0 heterocycles. The maximum atomic E-state index is 14.2. The Hall–Kier alpha value is -2.27. The van der Waals surface area contributed by atoms with Crippen LogP contribution in [0.3, 0.4) is 0 Å². The Morgan fingerprint density at radius 1 is 0.676 bits per heavy atom. The van der Waals surface area contributed by atoms with E-state index < -0.39 is 63.5 Å². The number of ether oxygens (including phenoxy) is 1. The number of sulfone groups is 1. The number of halogens is 11. The lowest BCUT2D eigenvalue weighted by atomic mass is 10.2. The Balaban J connectivity index is 2.64. The molecule has 2 aromatic carbocycles. The van der Waals surface area contributed by atoms with Crippen molar-refractivity contribution >= 4 is 29.6 Å². The van der Waals surface area contributed by atoms with Crippen molar-refractivity contribution in [3.8, 4) is 11.5 Å². The van der Waals surface area contributed by atoms with Crippen molar-refractivity contribution in [3.05, 3.63) is 54.1 Å². The lowest BCUT2D eigenvalue weighted by Gasteiger charge is -2.34. The quantitative estimate of drug-likeness (QED) is 0.308. The Morgan fingerprint density at radius 2 is 1.09 bits per heavy atom. The Morgan fingerprint density at radius 3 is 1.50 bits per heavy atom. The van der Waals surface area contributed by atoms with Crippen molar-refractivity contribution in [3.63, 3.8) is 0 Å². The third-order valence-corrected chi connectivity index (χ3v) is 7.30. The zero-order valence-corrected chi connectivity index (χ0v) is 17.9. The highest BCUT2D eigenvalue weighted by atomic mass is 35.7. The van der Waals surface area contributed by atoms with Crippen LogP contribution >= 0.6 is 10.7 Å². The molecule has 0 atom stereocenters. The molecule has 0 saturated carbocycles. The van der Waals surface area contributed by atoms with E-state index in [-0.39, 0.29) is 17.9 Å². The van der Waals surface area contributed by atoms with Gasteiger partial charge in [-0.3, -0.25) is 0 Å². The highest BCUT2D eigenvalue weighted by Gasteiger charge is 2.87. The molecule has 0 aliphatic rings. The molecular formula is C16H7ClF10O5S2. The molecule has 2 aromatic rings. The van der Waals surface area contributed by atoms with Gasteiger partial charge in [0.15, 0.2) is 0 Å². The van der Waals surface area contributed by atoms with E-state index in [1.54, 1.807) is 0 Å². The minimum atomic E-state index is -7.76. The van der Waals surface area contributed by atoms with Crippen molar-refractivity contribution in [1.29, 1.82) is 0 Å². The maximum Gasteiger partial charge on any atom is 0.427 e. The first-order chi connectivity index (χ1) is 15.1. The van der Waals surface area contributed by atoms with Crippen LogP contribution in [0, 0.1) is 11.6 Å². The van der Waals surface area contributed by atoms with Crippen molar-refractivity contribution < 1.29 is 65.5 Å². The van der Waals surface area contributed by atoms with Gasteiger partial charge < -0.3 is 4.74 Å². The van der Waals surface area contributed by atoms with Crippen molar-refractivity contribution in [2.24, 2.45) is 0 Å². The summed E-state index contributed by atoms with van der Waals surface area (Å²) in [7, 11) is -10.7. The standard InChI is InChI=1S/C16H7ClF10O5S2/c17-34(30,31)16(26,27)14(22,23)13(20,21)15(24,25)33(28,29)12-10(18)6-9(7-11(12)19)32-8-4-2-1-3-5-8/h1-7H. The first-order valence-electron chi connectivity index (χ1n) is 8.05. The van der Waals surface area contributed by atoms with Crippen LogP contribution in [0.4, 0.5) is 43.9 Å². The van der Waals surface area contributed by atoms with Crippen LogP contribution in [-0.4, -0.2) is 39.2 Å².